The van der Waals surface area contributed by atoms with Crippen LogP contribution in [-0.2, 0) is 0 Å². The van der Waals surface area contributed by atoms with Gasteiger partial charge < -0.3 is 5.11 Å². The van der Waals surface area contributed by atoms with E-state index in [1.165, 1.54) is 18.0 Å². The normalized spacial score (nSPS) is 9.83. The van der Waals surface area contributed by atoms with Gasteiger partial charge in [0.25, 0.3) is 0 Å². The van der Waals surface area contributed by atoms with Crippen LogP contribution in [0.5, 0.6) is 0 Å². The Labute approximate surface area is 78.0 Å². The molecule has 0 spiro atoms. The summed E-state index contributed by atoms with van der Waals surface area (Å²) in [5.74, 6) is -1.16. The van der Waals surface area contributed by atoms with Gasteiger partial charge in [-0.25, -0.2) is 14.8 Å². The number of hydrogen-bond donors (Lipinski definition) is 1. The Morgan fingerprint density at radius 3 is 2.92 bits per heavy atom. The molecule has 0 saturated heterocycles. The summed E-state index contributed by atoms with van der Waals surface area (Å²) in [6.45, 7) is 0. The standard InChI is InChI=1S/C6H5ClN2O2S/c1-12-3-2-8-5(7)4(9-3)6(10)11/h2H,1H3,(H,10,11). The number of aromatic nitrogens is 2. The smallest absolute Gasteiger partial charge is 0.357 e. The van der Waals surface area contributed by atoms with Crippen molar-refractivity contribution in [1.29, 1.82) is 0 Å². The van der Waals surface area contributed by atoms with Crippen molar-refractivity contribution >= 4 is 29.3 Å². The van der Waals surface area contributed by atoms with Crippen molar-refractivity contribution < 1.29 is 9.90 Å². The summed E-state index contributed by atoms with van der Waals surface area (Å²) in [6.07, 6.45) is 3.21. The van der Waals surface area contributed by atoms with Gasteiger partial charge in [0.05, 0.1) is 6.20 Å². The molecule has 1 N–H and O–H groups in total. The molecule has 1 heterocycles. The third kappa shape index (κ3) is 1.86. The first-order valence-corrected chi connectivity index (χ1v) is 4.55. The van der Waals surface area contributed by atoms with Crippen LogP contribution in [0.1, 0.15) is 10.5 Å². The Hall–Kier alpha value is -0.810. The third-order valence-corrected chi connectivity index (χ3v) is 2.01. The number of carboxylic acids is 1. The Morgan fingerprint density at radius 1 is 1.75 bits per heavy atom. The van der Waals surface area contributed by atoms with Gasteiger partial charge in [0.15, 0.2) is 10.8 Å². The predicted molar refractivity (Wildman–Crippen MR) is 45.8 cm³/mol. The second kappa shape index (κ2) is 3.73. The van der Waals surface area contributed by atoms with Gasteiger partial charge in [0.1, 0.15) is 5.03 Å². The molecule has 1 aromatic heterocycles. The van der Waals surface area contributed by atoms with Crippen LogP contribution in [0.25, 0.3) is 0 Å². The fourth-order valence-electron chi connectivity index (χ4n) is 0.593. The van der Waals surface area contributed by atoms with Crippen LogP contribution in [0.4, 0.5) is 0 Å². The zero-order valence-corrected chi connectivity index (χ0v) is 7.69. The van der Waals surface area contributed by atoms with Crippen molar-refractivity contribution in [2.45, 2.75) is 5.03 Å². The molecule has 1 rings (SSSR count). The summed E-state index contributed by atoms with van der Waals surface area (Å²) in [4.78, 5) is 17.9. The summed E-state index contributed by atoms with van der Waals surface area (Å²) < 4.78 is 0. The van der Waals surface area contributed by atoms with Gasteiger partial charge in [-0.1, -0.05) is 11.6 Å². The zero-order chi connectivity index (χ0) is 9.14. The minimum Gasteiger partial charge on any atom is -0.476 e. The zero-order valence-electron chi connectivity index (χ0n) is 6.11. The van der Waals surface area contributed by atoms with E-state index in [9.17, 15) is 4.79 Å². The monoisotopic (exact) mass is 204 g/mol. The number of nitrogens with zero attached hydrogens (tertiary/aromatic N) is 2. The Bertz CT molecular complexity index is 318. The molecule has 6 heteroatoms. The van der Waals surface area contributed by atoms with E-state index < -0.39 is 5.97 Å². The van der Waals surface area contributed by atoms with E-state index >= 15 is 0 Å². The van der Waals surface area contributed by atoms with Gasteiger partial charge in [0.2, 0.25) is 0 Å². The molecule has 0 aliphatic heterocycles. The number of carbonyl (C=O) groups is 1. The van der Waals surface area contributed by atoms with Crippen molar-refractivity contribution in [3.05, 3.63) is 17.0 Å². The summed E-state index contributed by atoms with van der Waals surface area (Å²) >= 11 is 6.80. The summed E-state index contributed by atoms with van der Waals surface area (Å²) in [5.41, 5.74) is -0.205. The number of carboxylic acid groups (broad SMARTS) is 1. The SMILES string of the molecule is CSc1cnc(Cl)c(C(=O)O)n1. The maximum absolute atomic E-state index is 10.5. The molecule has 0 aliphatic carbocycles. The summed E-state index contributed by atoms with van der Waals surface area (Å²) in [6, 6.07) is 0. The van der Waals surface area contributed by atoms with Gasteiger partial charge in [-0.3, -0.25) is 0 Å². The highest BCUT2D eigenvalue weighted by Crippen LogP contribution is 2.15. The summed E-state index contributed by atoms with van der Waals surface area (Å²) in [7, 11) is 0. The number of thioether (sulfide) groups is 1. The molecule has 0 radical (unpaired) electrons. The van der Waals surface area contributed by atoms with E-state index in [1.54, 1.807) is 6.26 Å². The van der Waals surface area contributed by atoms with Gasteiger partial charge in [-0.05, 0) is 6.26 Å². The minimum absolute atomic E-state index is 0.0831. The molecule has 64 valence electrons. The maximum atomic E-state index is 10.5. The minimum atomic E-state index is -1.16. The van der Waals surface area contributed by atoms with Crippen LogP contribution >= 0.6 is 23.4 Å². The molecule has 0 bridgehead atoms. The quantitative estimate of drug-likeness (QED) is 0.741. The molecule has 0 saturated carbocycles. The van der Waals surface area contributed by atoms with E-state index in [-0.39, 0.29) is 10.8 Å². The van der Waals surface area contributed by atoms with Gasteiger partial charge in [0, 0.05) is 0 Å². The van der Waals surface area contributed by atoms with Crippen LogP contribution in [-0.4, -0.2) is 27.3 Å². The van der Waals surface area contributed by atoms with Crippen molar-refractivity contribution in [1.82, 2.24) is 9.97 Å². The van der Waals surface area contributed by atoms with Gasteiger partial charge in [-0.15, -0.1) is 11.8 Å². The molecular weight excluding hydrogens is 200 g/mol. The molecule has 0 aliphatic rings. The predicted octanol–water partition coefficient (Wildman–Crippen LogP) is 1.55. The Balaban J connectivity index is 3.17. The molecule has 0 fully saturated rings. The average Bonchev–Trinajstić information content (AvgIpc) is 2.05. The van der Waals surface area contributed by atoms with E-state index in [0.29, 0.717) is 5.03 Å². The molecule has 1 aromatic rings. The number of aromatic carboxylic acids is 1. The first kappa shape index (κ1) is 9.28. The third-order valence-electron chi connectivity index (χ3n) is 1.12. The highest BCUT2D eigenvalue weighted by molar-refractivity contribution is 7.98. The van der Waals surface area contributed by atoms with E-state index in [4.69, 9.17) is 16.7 Å². The van der Waals surface area contributed by atoms with Crippen molar-refractivity contribution in [2.75, 3.05) is 6.26 Å². The molecule has 12 heavy (non-hydrogen) atoms. The molecule has 0 aromatic carbocycles. The number of halogens is 1. The van der Waals surface area contributed by atoms with E-state index in [0.717, 1.165) is 0 Å². The van der Waals surface area contributed by atoms with Crippen LogP contribution in [0, 0.1) is 0 Å². The highest BCUT2D eigenvalue weighted by atomic mass is 35.5. The Morgan fingerprint density at radius 2 is 2.42 bits per heavy atom. The lowest BCUT2D eigenvalue weighted by atomic mass is 10.5. The molecular formula is C6H5ClN2O2S. The average molecular weight is 205 g/mol. The molecule has 0 atom stereocenters. The van der Waals surface area contributed by atoms with Gasteiger partial charge >= 0.3 is 5.97 Å². The van der Waals surface area contributed by atoms with E-state index in [1.807, 2.05) is 0 Å². The first-order valence-electron chi connectivity index (χ1n) is 2.95. The summed E-state index contributed by atoms with van der Waals surface area (Å²) in [5, 5.41) is 9.05. The van der Waals surface area contributed by atoms with Crippen LogP contribution in [0.2, 0.25) is 5.15 Å². The highest BCUT2D eigenvalue weighted by Gasteiger charge is 2.11. The molecule has 4 nitrogen and oxygen atoms in total. The molecule has 0 unspecified atom stereocenters. The van der Waals surface area contributed by atoms with Crippen molar-refractivity contribution in [3.8, 4) is 0 Å². The number of rotatable bonds is 2. The second-order valence-corrected chi connectivity index (χ2v) is 3.04. The van der Waals surface area contributed by atoms with Crippen molar-refractivity contribution in [2.24, 2.45) is 0 Å². The van der Waals surface area contributed by atoms with Crippen LogP contribution in [0.15, 0.2) is 11.2 Å². The van der Waals surface area contributed by atoms with Crippen LogP contribution in [0.3, 0.4) is 0 Å². The second-order valence-electron chi connectivity index (χ2n) is 1.86. The Kier molecular flexibility index (Phi) is 2.88. The topological polar surface area (TPSA) is 63.1 Å². The lowest BCUT2D eigenvalue weighted by Crippen LogP contribution is -2.03. The van der Waals surface area contributed by atoms with Crippen LogP contribution < -0.4 is 0 Å². The fourth-order valence-corrected chi connectivity index (χ4v) is 1.11. The van der Waals surface area contributed by atoms with Crippen molar-refractivity contribution in [3.63, 3.8) is 0 Å². The fraction of sp³-hybridized carbons (Fsp3) is 0.167. The lowest BCUT2D eigenvalue weighted by molar-refractivity contribution is 0.0689. The molecule has 0 amide bonds. The lowest BCUT2D eigenvalue weighted by Gasteiger charge is -1.98. The number of hydrogen-bond acceptors (Lipinski definition) is 4. The first-order chi connectivity index (χ1) is 5.65. The maximum Gasteiger partial charge on any atom is 0.357 e. The van der Waals surface area contributed by atoms with Gasteiger partial charge in [-0.2, -0.15) is 0 Å². The largest absolute Gasteiger partial charge is 0.476 e. The van der Waals surface area contributed by atoms with E-state index in [2.05, 4.69) is 9.97 Å².